The summed E-state index contributed by atoms with van der Waals surface area (Å²) < 4.78 is 0. The van der Waals surface area contributed by atoms with Crippen LogP contribution in [0.2, 0.25) is 0 Å². The molecule has 0 spiro atoms. The predicted molar refractivity (Wildman–Crippen MR) is 44.5 cm³/mol. The second-order valence-electron chi connectivity index (χ2n) is 2.70. The lowest BCUT2D eigenvalue weighted by Crippen LogP contribution is -2.40. The minimum absolute atomic E-state index is 0.346. The molecule has 0 fully saturated rings. The molecule has 0 saturated heterocycles. The second kappa shape index (κ2) is 5.56. The molecule has 4 nitrogen and oxygen atoms in total. The fraction of sp³-hybridized carbons (Fsp3) is 0.750. The van der Waals surface area contributed by atoms with Crippen molar-refractivity contribution in [1.82, 2.24) is 5.32 Å². The number of aliphatic carboxylic acids is 1. The van der Waals surface area contributed by atoms with Crippen molar-refractivity contribution in [3.63, 3.8) is 0 Å². The number of carbonyl (C=O) groups is 1. The van der Waals surface area contributed by atoms with E-state index in [0.717, 1.165) is 6.42 Å². The van der Waals surface area contributed by atoms with Gasteiger partial charge in [-0.15, -0.1) is 0 Å². The third-order valence-electron chi connectivity index (χ3n) is 1.55. The van der Waals surface area contributed by atoms with E-state index in [1.54, 1.807) is 0 Å². The molecule has 0 saturated carbocycles. The molecule has 0 bridgehead atoms. The molecule has 0 aliphatic carbocycles. The van der Waals surface area contributed by atoms with Crippen LogP contribution in [-0.4, -0.2) is 23.2 Å². The Kier molecular flexibility index (Phi) is 5.06. The maximum Gasteiger partial charge on any atom is 0.320 e. The van der Waals surface area contributed by atoms with Crippen LogP contribution >= 0.6 is 0 Å². The number of rotatable bonds is 5. The first-order chi connectivity index (χ1) is 5.61. The first-order valence-corrected chi connectivity index (χ1v) is 4.00. The predicted octanol–water partition coefficient (Wildman–Crippen LogP) is 0.741. The standard InChI is InChI=1S/C8H14N2O2/c1-3-4-7(5-9)10-6(2)8(11)12/h6-7,10H,3-4H2,1-2H3,(H,11,12). The van der Waals surface area contributed by atoms with Crippen molar-refractivity contribution >= 4 is 5.97 Å². The van der Waals surface area contributed by atoms with E-state index in [1.807, 2.05) is 13.0 Å². The van der Waals surface area contributed by atoms with Gasteiger partial charge in [0.15, 0.2) is 0 Å². The summed E-state index contributed by atoms with van der Waals surface area (Å²) in [6.45, 7) is 3.49. The fourth-order valence-corrected chi connectivity index (χ4v) is 0.847. The van der Waals surface area contributed by atoms with Crippen LogP contribution < -0.4 is 5.32 Å². The van der Waals surface area contributed by atoms with E-state index in [0.29, 0.717) is 6.42 Å². The third-order valence-corrected chi connectivity index (χ3v) is 1.55. The molecule has 0 amide bonds. The number of hydrogen-bond acceptors (Lipinski definition) is 3. The Bertz CT molecular complexity index is 186. The van der Waals surface area contributed by atoms with Crippen molar-refractivity contribution in [2.45, 2.75) is 38.8 Å². The zero-order valence-electron chi connectivity index (χ0n) is 7.37. The van der Waals surface area contributed by atoms with E-state index in [2.05, 4.69) is 5.32 Å². The van der Waals surface area contributed by atoms with E-state index >= 15 is 0 Å². The van der Waals surface area contributed by atoms with Crippen LogP contribution in [0.15, 0.2) is 0 Å². The summed E-state index contributed by atoms with van der Waals surface area (Å²) in [7, 11) is 0. The first kappa shape index (κ1) is 10.9. The quantitative estimate of drug-likeness (QED) is 0.638. The average molecular weight is 170 g/mol. The summed E-state index contributed by atoms with van der Waals surface area (Å²) in [6, 6.07) is 1.02. The molecule has 0 aromatic heterocycles. The summed E-state index contributed by atoms with van der Waals surface area (Å²) in [5.74, 6) is -0.925. The van der Waals surface area contributed by atoms with Gasteiger partial charge < -0.3 is 5.11 Å². The molecule has 68 valence electrons. The van der Waals surface area contributed by atoms with Gasteiger partial charge in [-0.3, -0.25) is 10.1 Å². The Hall–Kier alpha value is -1.08. The molecule has 0 aliphatic rings. The van der Waals surface area contributed by atoms with Crippen molar-refractivity contribution in [2.75, 3.05) is 0 Å². The summed E-state index contributed by atoms with van der Waals surface area (Å²) >= 11 is 0. The zero-order chi connectivity index (χ0) is 9.56. The van der Waals surface area contributed by atoms with Crippen molar-refractivity contribution < 1.29 is 9.90 Å². The summed E-state index contributed by atoms with van der Waals surface area (Å²) in [4.78, 5) is 10.4. The van der Waals surface area contributed by atoms with E-state index in [-0.39, 0.29) is 6.04 Å². The fourth-order valence-electron chi connectivity index (χ4n) is 0.847. The van der Waals surface area contributed by atoms with Crippen LogP contribution in [0.1, 0.15) is 26.7 Å². The van der Waals surface area contributed by atoms with Crippen LogP contribution in [0.25, 0.3) is 0 Å². The third kappa shape index (κ3) is 3.94. The Balaban J connectivity index is 3.87. The zero-order valence-corrected chi connectivity index (χ0v) is 7.37. The molecule has 2 atom stereocenters. The van der Waals surface area contributed by atoms with Crippen molar-refractivity contribution in [3.8, 4) is 6.07 Å². The SMILES string of the molecule is CCCC(C#N)NC(C)C(=O)O. The normalized spacial score (nSPS) is 14.8. The molecular weight excluding hydrogens is 156 g/mol. The lowest BCUT2D eigenvalue weighted by Gasteiger charge is -2.13. The van der Waals surface area contributed by atoms with Gasteiger partial charge in [0.25, 0.3) is 0 Å². The summed E-state index contributed by atoms with van der Waals surface area (Å²) in [5, 5.41) is 19.8. The van der Waals surface area contributed by atoms with Crippen LogP contribution in [-0.2, 0) is 4.79 Å². The second-order valence-corrected chi connectivity index (χ2v) is 2.70. The first-order valence-electron chi connectivity index (χ1n) is 4.00. The molecular formula is C8H14N2O2. The van der Waals surface area contributed by atoms with Crippen LogP contribution in [0.5, 0.6) is 0 Å². The van der Waals surface area contributed by atoms with Gasteiger partial charge in [0, 0.05) is 0 Å². The topological polar surface area (TPSA) is 73.1 Å². The van der Waals surface area contributed by atoms with Crippen molar-refractivity contribution in [2.24, 2.45) is 0 Å². The molecule has 2 N–H and O–H groups in total. The number of carboxylic acid groups (broad SMARTS) is 1. The Morgan fingerprint density at radius 1 is 1.75 bits per heavy atom. The summed E-state index contributed by atoms with van der Waals surface area (Å²) in [5.41, 5.74) is 0. The highest BCUT2D eigenvalue weighted by molar-refractivity contribution is 5.72. The van der Waals surface area contributed by atoms with Gasteiger partial charge in [0.2, 0.25) is 0 Å². The van der Waals surface area contributed by atoms with E-state index in [9.17, 15) is 4.79 Å². The van der Waals surface area contributed by atoms with Gasteiger partial charge >= 0.3 is 5.97 Å². The van der Waals surface area contributed by atoms with Gasteiger partial charge in [0.05, 0.1) is 12.1 Å². The summed E-state index contributed by atoms with van der Waals surface area (Å²) in [6.07, 6.45) is 1.56. The lowest BCUT2D eigenvalue weighted by atomic mass is 10.1. The number of nitrogens with zero attached hydrogens (tertiary/aromatic N) is 1. The number of nitrogens with one attached hydrogen (secondary N) is 1. The van der Waals surface area contributed by atoms with Gasteiger partial charge in [-0.1, -0.05) is 13.3 Å². The van der Waals surface area contributed by atoms with Gasteiger partial charge in [0.1, 0.15) is 6.04 Å². The molecule has 12 heavy (non-hydrogen) atoms. The van der Waals surface area contributed by atoms with Crippen LogP contribution in [0, 0.1) is 11.3 Å². The number of nitriles is 1. The minimum Gasteiger partial charge on any atom is -0.480 e. The van der Waals surface area contributed by atoms with E-state index in [1.165, 1.54) is 6.92 Å². The molecule has 0 aromatic carbocycles. The van der Waals surface area contributed by atoms with Crippen LogP contribution in [0.3, 0.4) is 0 Å². The highest BCUT2D eigenvalue weighted by Gasteiger charge is 2.15. The van der Waals surface area contributed by atoms with Crippen molar-refractivity contribution in [1.29, 1.82) is 5.26 Å². The van der Waals surface area contributed by atoms with Crippen LogP contribution in [0.4, 0.5) is 0 Å². The van der Waals surface area contributed by atoms with E-state index in [4.69, 9.17) is 10.4 Å². The molecule has 0 rings (SSSR count). The lowest BCUT2D eigenvalue weighted by molar-refractivity contribution is -0.139. The largest absolute Gasteiger partial charge is 0.480 e. The molecule has 0 radical (unpaired) electrons. The monoisotopic (exact) mass is 170 g/mol. The Morgan fingerprint density at radius 2 is 2.33 bits per heavy atom. The van der Waals surface area contributed by atoms with Gasteiger partial charge in [-0.25, -0.2) is 0 Å². The average Bonchev–Trinajstić information content (AvgIpc) is 2.03. The van der Waals surface area contributed by atoms with E-state index < -0.39 is 12.0 Å². The number of carboxylic acids is 1. The highest BCUT2D eigenvalue weighted by atomic mass is 16.4. The van der Waals surface area contributed by atoms with Gasteiger partial charge in [-0.05, 0) is 13.3 Å². The molecule has 0 heterocycles. The molecule has 0 aliphatic heterocycles. The highest BCUT2D eigenvalue weighted by Crippen LogP contribution is 1.96. The van der Waals surface area contributed by atoms with Gasteiger partial charge in [-0.2, -0.15) is 5.26 Å². The number of hydrogen-bond donors (Lipinski definition) is 2. The van der Waals surface area contributed by atoms with Crippen molar-refractivity contribution in [3.05, 3.63) is 0 Å². The minimum atomic E-state index is -0.925. The molecule has 4 heteroatoms. The Labute approximate surface area is 72.2 Å². The maximum absolute atomic E-state index is 10.4. The molecule has 2 unspecified atom stereocenters. The smallest absolute Gasteiger partial charge is 0.320 e. The molecule has 0 aromatic rings. The maximum atomic E-state index is 10.4. The Morgan fingerprint density at radius 3 is 2.67 bits per heavy atom.